The van der Waals surface area contributed by atoms with Crippen LogP contribution < -0.4 is 0 Å². The van der Waals surface area contributed by atoms with Crippen LogP contribution in [-0.4, -0.2) is 0 Å². The fourth-order valence-corrected chi connectivity index (χ4v) is 0. The first kappa shape index (κ1) is 0. The third-order valence-electron chi connectivity index (χ3n) is 0. The van der Waals surface area contributed by atoms with Crippen molar-refractivity contribution in [2.45, 2.75) is 59.4 Å². The van der Waals surface area contributed by atoms with Crippen LogP contribution in [0, 0.1) is 0 Å². The average Bonchev–Trinajstić information content (AvgIpc) is 0. The molecule has 0 fully saturated rings. The molecule has 0 aliphatic heterocycles. The van der Waals surface area contributed by atoms with Crippen LogP contribution in [0.1, 0.15) is 69.4 Å². The normalized spacial score (nSPS) is 0. The van der Waals surface area contributed by atoms with Gasteiger partial charge in [0.2, 0.25) is 0 Å². The van der Waals surface area contributed by atoms with Gasteiger partial charge in [0.1, 0.15) is 0 Å². The van der Waals surface area contributed by atoms with Crippen molar-refractivity contribution in [1.29, 1.82) is 0 Å². The molecule has 0 nitrogen and oxygen atoms in total. The minimum Gasteiger partial charge on any atom is -0.0776 e. The summed E-state index contributed by atoms with van der Waals surface area (Å²) in [5.74, 6) is 0. The van der Waals surface area contributed by atoms with Crippen molar-refractivity contribution < 1.29 is 9.99 Å². The second-order valence-corrected chi connectivity index (χ2v) is 0. The van der Waals surface area contributed by atoms with Crippen molar-refractivity contribution in [2.24, 2.45) is 0 Å². The fourth-order valence-electron chi connectivity index (χ4n) is 0. The summed E-state index contributed by atoms with van der Waals surface area (Å²) in [6.45, 7) is 0. The molecule has 78 valence electrons. The van der Waals surface area contributed by atoms with Gasteiger partial charge in [-0.1, -0.05) is 59.4 Å². The minimum absolute atomic E-state index is 0. The van der Waals surface area contributed by atoms with Gasteiger partial charge >= 0.3 is 0 Å². The molecule has 0 saturated carbocycles. The summed E-state index contributed by atoms with van der Waals surface area (Å²) >= 11 is 0. The van der Waals surface area contributed by atoms with Crippen LogP contribution in [0.15, 0.2) is 0 Å². The molecule has 0 aliphatic rings. The predicted molar refractivity (Wildman–Crippen MR) is 68.6 cm³/mol. The van der Waals surface area contributed by atoms with E-state index in [2.05, 4.69) is 0 Å². The first-order valence-electron chi connectivity index (χ1n) is 0. The molecule has 0 bridgehead atoms. The molecule has 0 aromatic carbocycles. The molecule has 0 aromatic rings. The maximum atomic E-state index is 0. The number of hydrogen-bond donors (Lipinski definition) is 0. The Morgan fingerprint density at radius 1 is 0.250 bits per heavy atom. The van der Waals surface area contributed by atoms with Crippen molar-refractivity contribution in [2.75, 3.05) is 0 Å². The average molecular weight is 149 g/mol. The Bertz CT molecular complexity index is 15.0. The number of rotatable bonds is 0. The number of hydrogen-bond acceptors (Lipinski definition) is 0. The Morgan fingerprint density at radius 2 is 0.250 bits per heavy atom. The maximum Gasteiger partial charge on any atom is 0 e. The molecule has 0 amide bonds. The van der Waals surface area contributed by atoms with Crippen LogP contribution in [-0.2, 0) is 0 Å². The molecule has 0 saturated heterocycles. The maximum absolute atomic E-state index is 0. The van der Waals surface area contributed by atoms with E-state index in [0.29, 0.717) is 0 Å². The van der Waals surface area contributed by atoms with Crippen molar-refractivity contribution in [1.82, 2.24) is 0 Å². The Balaban J connectivity index is 0. The Kier molecular flexibility index (Phi) is 0. The Hall–Kier alpha value is 0. The van der Waals surface area contributed by atoms with Crippen LogP contribution in [0.2, 0.25) is 0 Å². The molecule has 0 rings (SSSR count). The zero-order chi connectivity index (χ0) is 0. The van der Waals surface area contributed by atoms with E-state index < -0.39 is 0 Å². The van der Waals surface area contributed by atoms with E-state index in [0.717, 1.165) is 0 Å². The van der Waals surface area contributed by atoms with Gasteiger partial charge in [0.15, 0.2) is 0 Å². The van der Waals surface area contributed by atoms with Gasteiger partial charge < -0.3 is 0 Å². The van der Waals surface area contributed by atoms with E-state index in [1.165, 1.54) is 0 Å². The van der Waals surface area contributed by atoms with Gasteiger partial charge in [-0.25, -0.2) is 0 Å². The van der Waals surface area contributed by atoms with E-state index in [1.807, 2.05) is 0 Å². The van der Waals surface area contributed by atoms with Crippen LogP contribution >= 0.6 is 0 Å². The second kappa shape index (κ2) is 0. The molecule has 0 atom stereocenters. The molecule has 0 heteroatoms. The van der Waals surface area contributed by atoms with E-state index in [1.54, 1.807) is 0 Å². The lowest BCUT2D eigenvalue weighted by Gasteiger charge is -0.0786. The lowest BCUT2D eigenvalue weighted by Crippen LogP contribution is 0.143. The summed E-state index contributed by atoms with van der Waals surface area (Å²) in [5, 5.41) is 0. The van der Waals surface area contributed by atoms with Crippen LogP contribution in [0.25, 0.3) is 0 Å². The SMILES string of the molecule is C.C.C.C.C.C.C.C.[2HH].[2HH].[2HH].[2HH].[2HH].[2HH].[2HH]. The second-order valence-electron chi connectivity index (χ2n) is 0. The quantitative estimate of drug-likeness (QED) is 0.355. The summed E-state index contributed by atoms with van der Waals surface area (Å²) < 4.78 is 0. The highest BCUT2D eigenvalue weighted by Crippen LogP contribution is 0.151. The monoisotopic (exact) mass is 149 g/mol. The largest absolute Gasteiger partial charge is 0.0776 e. The van der Waals surface area contributed by atoms with E-state index >= 15 is 0 Å². The molecule has 0 N–H and O–H groups in total. The lowest BCUT2D eigenvalue weighted by molar-refractivity contribution is 2.50. The van der Waals surface area contributed by atoms with Gasteiger partial charge in [-0.15, -0.1) is 0 Å². The van der Waals surface area contributed by atoms with Gasteiger partial charge in [0, 0.05) is 9.99 Å². The van der Waals surface area contributed by atoms with Gasteiger partial charge in [-0.3, -0.25) is 0 Å². The highest BCUT2D eigenvalue weighted by molar-refractivity contribution is 2.51. The first-order valence-corrected chi connectivity index (χ1v) is 0. The topological polar surface area (TPSA) is 0 Å². The highest BCUT2D eigenvalue weighted by Gasteiger charge is -0.0706. The molecule has 0 heterocycles. The van der Waals surface area contributed by atoms with E-state index in [4.69, 9.17) is 0 Å². The first-order chi connectivity index (χ1) is 0. The van der Waals surface area contributed by atoms with Crippen molar-refractivity contribution in [3.63, 3.8) is 0 Å². The van der Waals surface area contributed by atoms with E-state index in [9.17, 15) is 0 Å². The zero-order valence-electron chi connectivity index (χ0n) is 0. The summed E-state index contributed by atoms with van der Waals surface area (Å²) in [4.78, 5) is 0. The van der Waals surface area contributed by atoms with Crippen LogP contribution in [0.3, 0.4) is 0 Å². The minimum atomic E-state index is 0. The predicted octanol–water partition coefficient (Wildman–Crippen LogP) is 6.81. The zero-order valence-corrected chi connectivity index (χ0v) is 0. The highest BCUT2D eigenvalue weighted by atomic mass is 12.0. The summed E-state index contributed by atoms with van der Waals surface area (Å²) in [6, 6.07) is 0. The van der Waals surface area contributed by atoms with Gasteiger partial charge in [-0.05, 0) is 0 Å². The smallest absolute Gasteiger partial charge is 0 e. The third-order valence-corrected chi connectivity index (χ3v) is 0. The Morgan fingerprint density at radius 3 is 0.250 bits per heavy atom. The molecule has 8 heavy (non-hydrogen) atoms. The molecule has 0 unspecified atom stereocenters. The van der Waals surface area contributed by atoms with Gasteiger partial charge in [0.05, 0.1) is 0 Å². The summed E-state index contributed by atoms with van der Waals surface area (Å²) in [5.41, 5.74) is 0. The molecule has 0 aliphatic carbocycles. The summed E-state index contributed by atoms with van der Waals surface area (Å²) in [6.07, 6.45) is 0. The van der Waals surface area contributed by atoms with Crippen molar-refractivity contribution in [3.05, 3.63) is 0 Å². The molecule has 0 aromatic heterocycles. The molecular formula is C8H46. The summed E-state index contributed by atoms with van der Waals surface area (Å²) in [7, 11) is 0. The van der Waals surface area contributed by atoms with Crippen LogP contribution in [0.5, 0.6) is 0 Å². The molecular weight excluding hydrogens is 96.1 g/mol. The molecule has 0 radical (unpaired) electrons. The van der Waals surface area contributed by atoms with Crippen molar-refractivity contribution in [3.8, 4) is 0 Å². The lowest BCUT2D eigenvalue weighted by atomic mass is 12.0. The van der Waals surface area contributed by atoms with E-state index in [-0.39, 0.29) is 69.4 Å². The fraction of sp³-hybridized carbons (Fsp3) is 1.00. The van der Waals surface area contributed by atoms with Crippen molar-refractivity contribution >= 4 is 0 Å². The standard InChI is InChI=1S/8CH4.7H2/h8*1H4;7*1H/i;;;;;;;;7*1+1. The van der Waals surface area contributed by atoms with Gasteiger partial charge in [-0.2, -0.15) is 0 Å². The Labute approximate surface area is 70.7 Å². The van der Waals surface area contributed by atoms with Gasteiger partial charge in [0.25, 0.3) is 0 Å². The molecule has 0 spiro atoms. The van der Waals surface area contributed by atoms with Crippen LogP contribution in [0.4, 0.5) is 0 Å². The third kappa shape index (κ3) is 0.